The number of benzene rings is 2. The molecule has 0 amide bonds. The zero-order valence-electron chi connectivity index (χ0n) is 10.4. The van der Waals surface area contributed by atoms with Crippen molar-refractivity contribution in [2.24, 2.45) is 0 Å². The fourth-order valence-electron chi connectivity index (χ4n) is 2.01. The number of hydrogen-bond donors (Lipinski definition) is 2. The van der Waals surface area contributed by atoms with Crippen LogP contribution < -0.4 is 0 Å². The van der Waals surface area contributed by atoms with Crippen molar-refractivity contribution in [2.75, 3.05) is 0 Å². The lowest BCUT2D eigenvalue weighted by molar-refractivity contribution is -0.0193. The zero-order valence-corrected chi connectivity index (χ0v) is 10.4. The van der Waals surface area contributed by atoms with Gasteiger partial charge < -0.3 is 10.2 Å². The molecule has 0 unspecified atom stereocenters. The van der Waals surface area contributed by atoms with Crippen molar-refractivity contribution in [2.45, 2.75) is 11.7 Å². The summed E-state index contributed by atoms with van der Waals surface area (Å²) in [6, 6.07) is 9.86. The van der Waals surface area contributed by atoms with Crippen molar-refractivity contribution >= 4 is 0 Å². The monoisotopic (exact) mass is 274 g/mol. The average molecular weight is 274 g/mol. The summed E-state index contributed by atoms with van der Waals surface area (Å²) in [5.74, 6) is 1.09. The molecule has 2 N–H and O–H groups in total. The second-order valence-electron chi connectivity index (χ2n) is 4.35. The van der Waals surface area contributed by atoms with Gasteiger partial charge in [0, 0.05) is 0 Å². The summed E-state index contributed by atoms with van der Waals surface area (Å²) in [7, 11) is 0. The van der Waals surface area contributed by atoms with Crippen molar-refractivity contribution < 1.29 is 19.0 Å². The minimum atomic E-state index is -1.93. The van der Waals surface area contributed by atoms with Crippen molar-refractivity contribution in [3.05, 3.63) is 71.3 Å². The number of terminal acetylenes is 1. The van der Waals surface area contributed by atoms with Gasteiger partial charge in [0.05, 0.1) is 0 Å². The van der Waals surface area contributed by atoms with Gasteiger partial charge in [-0.05, 0) is 35.4 Å². The van der Waals surface area contributed by atoms with Crippen LogP contribution in [0.2, 0.25) is 0 Å². The van der Waals surface area contributed by atoms with Crippen LogP contribution in [0.3, 0.4) is 0 Å². The highest BCUT2D eigenvalue weighted by molar-refractivity contribution is 5.40. The largest absolute Gasteiger partial charge is 0.377 e. The molecular formula is C16H12F2O2. The fraction of sp³-hybridized carbons (Fsp3) is 0.125. The molecule has 1 atom stereocenters. The lowest BCUT2D eigenvalue weighted by atomic mass is 9.82. The maximum atomic E-state index is 13.0. The van der Waals surface area contributed by atoms with Gasteiger partial charge in [-0.15, -0.1) is 6.42 Å². The average Bonchev–Trinajstić information content (AvgIpc) is 2.47. The van der Waals surface area contributed by atoms with Crippen LogP contribution in [0.25, 0.3) is 0 Å². The maximum Gasteiger partial charge on any atom is 0.152 e. The Hall–Kier alpha value is -2.22. The van der Waals surface area contributed by atoms with Crippen LogP contribution in [0.5, 0.6) is 0 Å². The normalized spacial score (nSPS) is 12.8. The van der Waals surface area contributed by atoms with Crippen LogP contribution in [-0.4, -0.2) is 16.3 Å². The number of halogens is 2. The van der Waals surface area contributed by atoms with Gasteiger partial charge in [0.1, 0.15) is 11.6 Å². The van der Waals surface area contributed by atoms with E-state index in [2.05, 4.69) is 0 Å². The Kier molecular flexibility index (Phi) is 3.84. The highest BCUT2D eigenvalue weighted by Gasteiger charge is 2.38. The summed E-state index contributed by atoms with van der Waals surface area (Å²) in [6.45, 7) is 0. The number of hydrogen-bond acceptors (Lipinski definition) is 2. The van der Waals surface area contributed by atoms with E-state index in [-0.39, 0.29) is 11.1 Å². The minimum Gasteiger partial charge on any atom is -0.377 e. The van der Waals surface area contributed by atoms with E-state index in [0.29, 0.717) is 0 Å². The first kappa shape index (κ1) is 14.2. The summed E-state index contributed by atoms with van der Waals surface area (Å²) >= 11 is 0. The molecule has 2 nitrogen and oxygen atoms in total. The first-order valence-electron chi connectivity index (χ1n) is 5.87. The molecule has 0 aliphatic heterocycles. The molecular weight excluding hydrogens is 262 g/mol. The van der Waals surface area contributed by atoms with Crippen LogP contribution in [0.15, 0.2) is 48.5 Å². The van der Waals surface area contributed by atoms with E-state index in [1.165, 1.54) is 24.3 Å². The standard InChI is InChI=1S/C16H12F2O2/c1-2-15(19)16(20,11-3-7-13(17)8-4-11)12-5-9-14(18)10-6-12/h1,3-10,15,19-20H/t15-/m0/s1. The van der Waals surface area contributed by atoms with E-state index in [9.17, 15) is 19.0 Å². The van der Waals surface area contributed by atoms with E-state index < -0.39 is 23.3 Å². The molecule has 0 saturated heterocycles. The molecule has 2 aromatic rings. The third-order valence-electron chi connectivity index (χ3n) is 3.12. The third-order valence-corrected chi connectivity index (χ3v) is 3.12. The summed E-state index contributed by atoms with van der Waals surface area (Å²) < 4.78 is 26.0. The second kappa shape index (κ2) is 5.41. The van der Waals surface area contributed by atoms with Gasteiger partial charge in [-0.3, -0.25) is 0 Å². The smallest absolute Gasteiger partial charge is 0.152 e. The van der Waals surface area contributed by atoms with Gasteiger partial charge in [0.25, 0.3) is 0 Å². The first-order chi connectivity index (χ1) is 9.48. The Labute approximate surface area is 115 Å². The van der Waals surface area contributed by atoms with Crippen LogP contribution in [0.4, 0.5) is 8.78 Å². The minimum absolute atomic E-state index is 0.218. The van der Waals surface area contributed by atoms with Gasteiger partial charge in [-0.2, -0.15) is 0 Å². The van der Waals surface area contributed by atoms with Crippen molar-refractivity contribution in [3.63, 3.8) is 0 Å². The highest BCUT2D eigenvalue weighted by atomic mass is 19.1. The summed E-state index contributed by atoms with van der Waals surface area (Å²) in [5.41, 5.74) is -1.50. The number of aliphatic hydroxyl groups is 2. The molecule has 0 aliphatic rings. The molecule has 0 saturated carbocycles. The topological polar surface area (TPSA) is 40.5 Å². The Morgan fingerprint density at radius 1 is 0.900 bits per heavy atom. The summed E-state index contributed by atoms with van der Waals surface area (Å²) in [6.07, 6.45) is 3.63. The summed E-state index contributed by atoms with van der Waals surface area (Å²) in [4.78, 5) is 0. The lowest BCUT2D eigenvalue weighted by Gasteiger charge is -2.31. The second-order valence-corrected chi connectivity index (χ2v) is 4.35. The quantitative estimate of drug-likeness (QED) is 0.842. The Morgan fingerprint density at radius 2 is 1.25 bits per heavy atom. The molecule has 0 aliphatic carbocycles. The first-order valence-corrected chi connectivity index (χ1v) is 5.87. The molecule has 0 spiro atoms. The Bertz CT molecular complexity index is 582. The molecule has 4 heteroatoms. The molecule has 0 radical (unpaired) electrons. The van der Waals surface area contributed by atoms with Crippen LogP contribution in [0.1, 0.15) is 11.1 Å². The molecule has 2 rings (SSSR count). The van der Waals surface area contributed by atoms with Gasteiger partial charge >= 0.3 is 0 Å². The predicted molar refractivity (Wildman–Crippen MR) is 70.6 cm³/mol. The molecule has 0 bridgehead atoms. The van der Waals surface area contributed by atoms with Crippen molar-refractivity contribution in [3.8, 4) is 12.3 Å². The molecule has 20 heavy (non-hydrogen) atoms. The Balaban J connectivity index is 2.59. The zero-order chi connectivity index (χ0) is 14.8. The summed E-state index contributed by atoms with van der Waals surface area (Å²) in [5, 5.41) is 20.7. The molecule has 0 fully saturated rings. The van der Waals surface area contributed by atoms with E-state index >= 15 is 0 Å². The number of rotatable bonds is 3. The van der Waals surface area contributed by atoms with Gasteiger partial charge in [-0.25, -0.2) is 8.78 Å². The molecule has 2 aromatic carbocycles. The van der Waals surface area contributed by atoms with Gasteiger partial charge in [0.15, 0.2) is 11.7 Å². The van der Waals surface area contributed by atoms with E-state index in [1.54, 1.807) is 0 Å². The molecule has 102 valence electrons. The number of aliphatic hydroxyl groups excluding tert-OH is 1. The maximum absolute atomic E-state index is 13.0. The fourth-order valence-corrected chi connectivity index (χ4v) is 2.01. The highest BCUT2D eigenvalue weighted by Crippen LogP contribution is 2.33. The van der Waals surface area contributed by atoms with Gasteiger partial charge in [0.2, 0.25) is 0 Å². The van der Waals surface area contributed by atoms with E-state index in [0.717, 1.165) is 24.3 Å². The van der Waals surface area contributed by atoms with E-state index in [4.69, 9.17) is 6.42 Å². The van der Waals surface area contributed by atoms with Crippen LogP contribution in [0, 0.1) is 24.0 Å². The van der Waals surface area contributed by atoms with Crippen LogP contribution in [-0.2, 0) is 5.60 Å². The third kappa shape index (κ3) is 2.42. The molecule has 0 aromatic heterocycles. The molecule has 0 heterocycles. The van der Waals surface area contributed by atoms with E-state index in [1.807, 2.05) is 5.92 Å². The SMILES string of the molecule is C#C[C@H](O)C(O)(c1ccc(F)cc1)c1ccc(F)cc1. The van der Waals surface area contributed by atoms with Crippen molar-refractivity contribution in [1.82, 2.24) is 0 Å². The predicted octanol–water partition coefficient (Wildman–Crippen LogP) is 2.19. The Morgan fingerprint density at radius 3 is 1.55 bits per heavy atom. The van der Waals surface area contributed by atoms with Crippen molar-refractivity contribution in [1.29, 1.82) is 0 Å². The van der Waals surface area contributed by atoms with Gasteiger partial charge in [-0.1, -0.05) is 30.2 Å². The lowest BCUT2D eigenvalue weighted by Crippen LogP contribution is -2.39. The van der Waals surface area contributed by atoms with Crippen LogP contribution >= 0.6 is 0 Å².